The number of esters is 1. The molecule has 0 heterocycles. The van der Waals surface area contributed by atoms with Crippen molar-refractivity contribution in [3.63, 3.8) is 0 Å². The quantitative estimate of drug-likeness (QED) is 0.314. The highest BCUT2D eigenvalue weighted by atomic mass is 16.5. The van der Waals surface area contributed by atoms with E-state index in [1.54, 1.807) is 31.2 Å². The summed E-state index contributed by atoms with van der Waals surface area (Å²) >= 11 is 0. The summed E-state index contributed by atoms with van der Waals surface area (Å²) in [5, 5.41) is 22.1. The van der Waals surface area contributed by atoms with E-state index in [2.05, 4.69) is 5.32 Å². The zero-order valence-electron chi connectivity index (χ0n) is 15.4. The highest BCUT2D eigenvalue weighted by molar-refractivity contribution is 5.90. The molecular formula is C23H21NO4. The molecule has 0 amide bonds. The number of carbonyl (C=O) groups excluding carboxylic acids is 1. The van der Waals surface area contributed by atoms with E-state index in [0.717, 1.165) is 22.5 Å². The molecule has 142 valence electrons. The van der Waals surface area contributed by atoms with Gasteiger partial charge in [0.2, 0.25) is 0 Å². The molecule has 0 bridgehead atoms. The molecule has 5 heteroatoms. The lowest BCUT2D eigenvalue weighted by Gasteiger charge is -2.08. The average Bonchev–Trinajstić information content (AvgIpc) is 2.70. The molecule has 28 heavy (non-hydrogen) atoms. The molecule has 3 aromatic carbocycles. The lowest BCUT2D eigenvalue weighted by molar-refractivity contribution is 0.0526. The smallest absolute Gasteiger partial charge is 0.338 e. The minimum absolute atomic E-state index is 0.139. The van der Waals surface area contributed by atoms with Crippen LogP contribution in [0.4, 0.5) is 11.4 Å². The maximum absolute atomic E-state index is 11.8. The van der Waals surface area contributed by atoms with Gasteiger partial charge in [-0.15, -0.1) is 0 Å². The molecule has 3 aromatic rings. The second-order valence-corrected chi connectivity index (χ2v) is 6.13. The number of ether oxygens (including phenoxy) is 1. The number of aromatic hydroxyl groups is 2. The van der Waals surface area contributed by atoms with Gasteiger partial charge in [0.15, 0.2) is 11.5 Å². The Morgan fingerprint density at radius 1 is 0.893 bits per heavy atom. The summed E-state index contributed by atoms with van der Waals surface area (Å²) in [6.45, 7) is 2.12. The first-order valence-corrected chi connectivity index (χ1v) is 8.89. The predicted molar refractivity (Wildman–Crippen MR) is 111 cm³/mol. The largest absolute Gasteiger partial charge is 0.504 e. The lowest BCUT2D eigenvalue weighted by Crippen LogP contribution is -2.04. The SMILES string of the molecule is CCOC(=O)c1cccc(Nc2ccc(/C=C/c3ccc(O)c(O)c3)cc2)c1. The van der Waals surface area contributed by atoms with Crippen LogP contribution in [0.15, 0.2) is 66.7 Å². The van der Waals surface area contributed by atoms with Gasteiger partial charge < -0.3 is 20.3 Å². The molecule has 0 aliphatic heterocycles. The summed E-state index contributed by atoms with van der Waals surface area (Å²) in [7, 11) is 0. The van der Waals surface area contributed by atoms with Crippen LogP contribution in [0.3, 0.4) is 0 Å². The van der Waals surface area contributed by atoms with E-state index < -0.39 is 0 Å². The van der Waals surface area contributed by atoms with Crippen molar-refractivity contribution in [1.82, 2.24) is 0 Å². The number of nitrogens with one attached hydrogen (secondary N) is 1. The van der Waals surface area contributed by atoms with Gasteiger partial charge in [-0.25, -0.2) is 4.79 Å². The van der Waals surface area contributed by atoms with Gasteiger partial charge in [-0.05, 0) is 60.5 Å². The van der Waals surface area contributed by atoms with Gasteiger partial charge in [0, 0.05) is 11.4 Å². The van der Waals surface area contributed by atoms with E-state index in [4.69, 9.17) is 4.74 Å². The molecular weight excluding hydrogens is 354 g/mol. The zero-order valence-corrected chi connectivity index (χ0v) is 15.4. The Balaban J connectivity index is 1.67. The minimum Gasteiger partial charge on any atom is -0.504 e. The average molecular weight is 375 g/mol. The van der Waals surface area contributed by atoms with E-state index in [-0.39, 0.29) is 17.5 Å². The third kappa shape index (κ3) is 4.92. The van der Waals surface area contributed by atoms with Gasteiger partial charge in [-0.2, -0.15) is 0 Å². The first-order valence-electron chi connectivity index (χ1n) is 8.89. The van der Waals surface area contributed by atoms with Crippen LogP contribution in [-0.2, 0) is 4.74 Å². The molecule has 0 aromatic heterocycles. The van der Waals surface area contributed by atoms with Gasteiger partial charge in [-0.1, -0.05) is 36.4 Å². The molecule has 3 rings (SSSR count). The van der Waals surface area contributed by atoms with Gasteiger partial charge in [0.05, 0.1) is 12.2 Å². The fourth-order valence-electron chi connectivity index (χ4n) is 2.62. The van der Waals surface area contributed by atoms with Gasteiger partial charge in [0.25, 0.3) is 0 Å². The molecule has 0 fully saturated rings. The normalized spacial score (nSPS) is 10.8. The Morgan fingerprint density at radius 3 is 2.32 bits per heavy atom. The van der Waals surface area contributed by atoms with Gasteiger partial charge >= 0.3 is 5.97 Å². The van der Waals surface area contributed by atoms with Gasteiger partial charge in [0.1, 0.15) is 0 Å². The Hall–Kier alpha value is -3.73. The second-order valence-electron chi connectivity index (χ2n) is 6.13. The number of phenols is 2. The van der Waals surface area contributed by atoms with Crippen molar-refractivity contribution >= 4 is 29.5 Å². The van der Waals surface area contributed by atoms with E-state index in [1.165, 1.54) is 12.1 Å². The summed E-state index contributed by atoms with van der Waals surface area (Å²) in [5.41, 5.74) is 3.96. The number of anilines is 2. The van der Waals surface area contributed by atoms with Crippen molar-refractivity contribution in [3.05, 3.63) is 83.4 Å². The number of carbonyl (C=O) groups is 1. The van der Waals surface area contributed by atoms with Crippen LogP contribution in [-0.4, -0.2) is 22.8 Å². The van der Waals surface area contributed by atoms with Crippen molar-refractivity contribution in [1.29, 1.82) is 0 Å². The maximum atomic E-state index is 11.8. The summed E-state index contributed by atoms with van der Waals surface area (Å²) in [4.78, 5) is 11.8. The summed E-state index contributed by atoms with van der Waals surface area (Å²) in [6.07, 6.45) is 3.77. The molecule has 0 aliphatic carbocycles. The standard InChI is InChI=1S/C23H21NO4/c1-2-28-23(27)18-4-3-5-20(15-18)24-19-11-8-16(9-12-19)6-7-17-10-13-21(25)22(26)14-17/h3-15,24-26H,2H2,1H3/b7-6+. The minimum atomic E-state index is -0.341. The molecule has 0 radical (unpaired) electrons. The number of rotatable bonds is 6. The number of phenolic OH excluding ortho intramolecular Hbond substituents is 2. The number of benzene rings is 3. The van der Waals surface area contributed by atoms with Crippen LogP contribution in [0, 0.1) is 0 Å². The zero-order chi connectivity index (χ0) is 19.9. The molecule has 0 aliphatic rings. The molecule has 0 unspecified atom stereocenters. The topological polar surface area (TPSA) is 78.8 Å². The highest BCUT2D eigenvalue weighted by Crippen LogP contribution is 2.26. The molecule has 5 nitrogen and oxygen atoms in total. The lowest BCUT2D eigenvalue weighted by atomic mass is 10.1. The van der Waals surface area contributed by atoms with Gasteiger partial charge in [-0.3, -0.25) is 0 Å². The van der Waals surface area contributed by atoms with E-state index in [9.17, 15) is 15.0 Å². The van der Waals surface area contributed by atoms with Crippen molar-refractivity contribution in [2.45, 2.75) is 6.92 Å². The molecule has 0 saturated carbocycles. The Labute approximate surface area is 163 Å². The first-order chi connectivity index (χ1) is 13.5. The summed E-state index contributed by atoms with van der Waals surface area (Å²) in [6, 6.07) is 19.6. The molecule has 3 N–H and O–H groups in total. The van der Waals surface area contributed by atoms with Crippen molar-refractivity contribution < 1.29 is 19.7 Å². The maximum Gasteiger partial charge on any atom is 0.338 e. The fourth-order valence-corrected chi connectivity index (χ4v) is 2.62. The van der Waals surface area contributed by atoms with Crippen LogP contribution in [0.25, 0.3) is 12.2 Å². The van der Waals surface area contributed by atoms with Crippen molar-refractivity contribution in [2.75, 3.05) is 11.9 Å². The molecule has 0 atom stereocenters. The van der Waals surface area contributed by atoms with E-state index in [0.29, 0.717) is 12.2 Å². The third-order valence-corrected chi connectivity index (χ3v) is 4.04. The molecule has 0 spiro atoms. The fraction of sp³-hybridized carbons (Fsp3) is 0.0870. The number of hydrogen-bond acceptors (Lipinski definition) is 5. The van der Waals surface area contributed by atoms with Crippen molar-refractivity contribution in [2.24, 2.45) is 0 Å². The monoisotopic (exact) mass is 375 g/mol. The predicted octanol–water partition coefficient (Wildman–Crippen LogP) is 5.19. The Kier molecular flexibility index (Phi) is 5.97. The summed E-state index contributed by atoms with van der Waals surface area (Å²) < 4.78 is 5.02. The summed E-state index contributed by atoms with van der Waals surface area (Å²) in [5.74, 6) is -0.627. The van der Waals surface area contributed by atoms with Crippen LogP contribution >= 0.6 is 0 Å². The van der Waals surface area contributed by atoms with E-state index >= 15 is 0 Å². The number of hydrogen-bond donors (Lipinski definition) is 3. The Bertz CT molecular complexity index is 994. The molecule has 0 saturated heterocycles. The first kappa shape index (κ1) is 19.0. The highest BCUT2D eigenvalue weighted by Gasteiger charge is 2.06. The van der Waals surface area contributed by atoms with Crippen LogP contribution in [0.2, 0.25) is 0 Å². The Morgan fingerprint density at radius 2 is 1.61 bits per heavy atom. The van der Waals surface area contributed by atoms with Crippen molar-refractivity contribution in [3.8, 4) is 11.5 Å². The van der Waals surface area contributed by atoms with Crippen LogP contribution in [0.5, 0.6) is 11.5 Å². The second kappa shape index (κ2) is 8.77. The van der Waals surface area contributed by atoms with E-state index in [1.807, 2.05) is 42.5 Å². The van der Waals surface area contributed by atoms with Crippen LogP contribution in [0.1, 0.15) is 28.4 Å². The van der Waals surface area contributed by atoms with Crippen LogP contribution < -0.4 is 5.32 Å². The third-order valence-electron chi connectivity index (χ3n) is 4.04.